The molecule has 3 aromatic carbocycles. The summed E-state index contributed by atoms with van der Waals surface area (Å²) in [6, 6.07) is 16.5. The van der Waals surface area contributed by atoms with Crippen molar-refractivity contribution in [3.8, 4) is 28.7 Å². The molecule has 0 aliphatic carbocycles. The van der Waals surface area contributed by atoms with Gasteiger partial charge in [0.2, 0.25) is 5.75 Å². The van der Waals surface area contributed by atoms with Crippen LogP contribution in [0.5, 0.6) is 28.7 Å². The molecule has 0 saturated heterocycles. The number of rotatable bonds is 11. The fraction of sp³-hybridized carbons (Fsp3) is 0.179. The molecule has 0 atom stereocenters. The smallest absolute Gasteiger partial charge is 0.203 e. The molecule has 35 heavy (non-hydrogen) atoms. The van der Waals surface area contributed by atoms with Crippen LogP contribution in [0.4, 0.5) is 5.69 Å². The Balaban J connectivity index is 1.90. The average Bonchev–Trinajstić information content (AvgIpc) is 2.91. The Morgan fingerprint density at radius 3 is 1.71 bits per heavy atom. The molecule has 0 heterocycles. The molecule has 0 spiro atoms. The van der Waals surface area contributed by atoms with Gasteiger partial charge in [-0.3, -0.25) is 4.79 Å². The van der Waals surface area contributed by atoms with E-state index >= 15 is 0 Å². The Morgan fingerprint density at radius 2 is 1.20 bits per heavy atom. The van der Waals surface area contributed by atoms with Gasteiger partial charge in [-0.1, -0.05) is 42.5 Å². The summed E-state index contributed by atoms with van der Waals surface area (Å²) < 4.78 is 27.3. The Bertz CT molecular complexity index is 1190. The highest BCUT2D eigenvalue weighted by molar-refractivity contribution is 6.04. The second kappa shape index (κ2) is 12.2. The summed E-state index contributed by atoms with van der Waals surface area (Å²) in [5.74, 6) is 2.62. The van der Waals surface area contributed by atoms with Gasteiger partial charge in [-0.05, 0) is 35.4 Å². The summed E-state index contributed by atoms with van der Waals surface area (Å²) in [4.78, 5) is 12.4. The van der Waals surface area contributed by atoms with Crippen molar-refractivity contribution >= 4 is 23.6 Å². The first-order valence-electron chi connectivity index (χ1n) is 10.8. The minimum atomic E-state index is -0.109. The zero-order chi connectivity index (χ0) is 25.2. The van der Waals surface area contributed by atoms with E-state index in [1.54, 1.807) is 53.9 Å². The first-order valence-corrected chi connectivity index (χ1v) is 10.8. The van der Waals surface area contributed by atoms with Crippen molar-refractivity contribution in [2.24, 2.45) is 0 Å². The monoisotopic (exact) mass is 475 g/mol. The molecule has 3 aromatic rings. The van der Waals surface area contributed by atoms with Gasteiger partial charge in [0.25, 0.3) is 0 Å². The van der Waals surface area contributed by atoms with Gasteiger partial charge in [0.05, 0.1) is 41.2 Å². The second-order valence-electron chi connectivity index (χ2n) is 7.30. The van der Waals surface area contributed by atoms with Crippen molar-refractivity contribution < 1.29 is 28.5 Å². The third-order valence-electron chi connectivity index (χ3n) is 5.19. The fourth-order valence-corrected chi connectivity index (χ4v) is 3.48. The zero-order valence-corrected chi connectivity index (χ0v) is 20.5. The maximum Gasteiger partial charge on any atom is 0.203 e. The van der Waals surface area contributed by atoms with Gasteiger partial charge in [-0.2, -0.15) is 0 Å². The van der Waals surface area contributed by atoms with Crippen LogP contribution >= 0.6 is 0 Å². The summed E-state index contributed by atoms with van der Waals surface area (Å²) in [5.41, 5.74) is 2.96. The van der Waals surface area contributed by atoms with E-state index in [4.69, 9.17) is 23.7 Å². The van der Waals surface area contributed by atoms with Crippen molar-refractivity contribution in [3.05, 3.63) is 83.6 Å². The van der Waals surface area contributed by atoms with Crippen LogP contribution in [-0.2, 0) is 0 Å². The van der Waals surface area contributed by atoms with Crippen LogP contribution in [0.15, 0.2) is 66.9 Å². The number of anilines is 1. The molecule has 0 bridgehead atoms. The highest BCUT2D eigenvalue weighted by Crippen LogP contribution is 2.40. The van der Waals surface area contributed by atoms with Crippen molar-refractivity contribution in [1.29, 1.82) is 0 Å². The summed E-state index contributed by atoms with van der Waals surface area (Å²) in [6.07, 6.45) is 6.90. The van der Waals surface area contributed by atoms with E-state index in [0.717, 1.165) is 11.1 Å². The van der Waals surface area contributed by atoms with Crippen LogP contribution in [0.3, 0.4) is 0 Å². The Labute approximate surface area is 205 Å². The largest absolute Gasteiger partial charge is 0.493 e. The first-order chi connectivity index (χ1) is 17.0. The van der Waals surface area contributed by atoms with E-state index in [1.807, 2.05) is 54.6 Å². The number of hydrogen-bond donors (Lipinski definition) is 1. The number of hydrogen-bond acceptors (Lipinski definition) is 7. The standard InChI is InChI=1S/C28H29NO6/c1-31-24-16-19(11-12-20-17-25(32-2)28(35-5)26(18-20)33-3)15-22(27(24)34-4)29-14-13-23(30)21-9-7-6-8-10-21/h6-18,29H,1-5H3/b12-11-,14-13-. The fourth-order valence-electron chi connectivity index (χ4n) is 3.48. The van der Waals surface area contributed by atoms with Gasteiger partial charge >= 0.3 is 0 Å². The summed E-state index contributed by atoms with van der Waals surface area (Å²) in [6.45, 7) is 0. The SMILES string of the molecule is COc1cc(/C=C\c2cc(OC)c(OC)c(OC)c2)cc(N/C=C\C(=O)c2ccccc2)c1OC. The van der Waals surface area contributed by atoms with Crippen LogP contribution in [0.2, 0.25) is 0 Å². The number of benzene rings is 3. The maximum atomic E-state index is 12.4. The minimum absolute atomic E-state index is 0.109. The van der Waals surface area contributed by atoms with E-state index < -0.39 is 0 Å². The number of ether oxygens (including phenoxy) is 5. The average molecular weight is 476 g/mol. The van der Waals surface area contributed by atoms with Gasteiger partial charge < -0.3 is 29.0 Å². The minimum Gasteiger partial charge on any atom is -0.493 e. The molecule has 0 aliphatic rings. The molecular formula is C28H29NO6. The van der Waals surface area contributed by atoms with Crippen molar-refractivity contribution in [1.82, 2.24) is 0 Å². The molecule has 0 aliphatic heterocycles. The second-order valence-corrected chi connectivity index (χ2v) is 7.30. The van der Waals surface area contributed by atoms with Gasteiger partial charge in [-0.15, -0.1) is 0 Å². The maximum absolute atomic E-state index is 12.4. The van der Waals surface area contributed by atoms with Crippen LogP contribution in [-0.4, -0.2) is 41.3 Å². The third kappa shape index (κ3) is 6.14. The third-order valence-corrected chi connectivity index (χ3v) is 5.19. The van der Waals surface area contributed by atoms with E-state index in [9.17, 15) is 4.79 Å². The predicted molar refractivity (Wildman–Crippen MR) is 138 cm³/mol. The molecule has 0 aromatic heterocycles. The summed E-state index contributed by atoms with van der Waals surface area (Å²) >= 11 is 0. The summed E-state index contributed by atoms with van der Waals surface area (Å²) in [5, 5.41) is 3.13. The zero-order valence-electron chi connectivity index (χ0n) is 20.5. The number of methoxy groups -OCH3 is 5. The summed E-state index contributed by atoms with van der Waals surface area (Å²) in [7, 11) is 7.85. The Morgan fingerprint density at radius 1 is 0.686 bits per heavy atom. The number of allylic oxidation sites excluding steroid dienone is 1. The topological polar surface area (TPSA) is 75.3 Å². The Kier molecular flexibility index (Phi) is 8.78. The van der Waals surface area contributed by atoms with Crippen molar-refractivity contribution in [3.63, 3.8) is 0 Å². The number of carbonyl (C=O) groups is 1. The van der Waals surface area contributed by atoms with Gasteiger partial charge in [0.15, 0.2) is 28.8 Å². The molecule has 0 unspecified atom stereocenters. The van der Waals surface area contributed by atoms with Gasteiger partial charge in [0.1, 0.15) is 0 Å². The van der Waals surface area contributed by atoms with Crippen LogP contribution in [0, 0.1) is 0 Å². The molecule has 0 saturated carbocycles. The molecule has 182 valence electrons. The number of carbonyl (C=O) groups excluding carboxylic acids is 1. The lowest BCUT2D eigenvalue weighted by Crippen LogP contribution is -1.99. The van der Waals surface area contributed by atoms with Crippen LogP contribution < -0.4 is 29.0 Å². The lowest BCUT2D eigenvalue weighted by atomic mass is 10.1. The predicted octanol–water partition coefficient (Wildman–Crippen LogP) is 5.71. The molecule has 7 heteroatoms. The number of ketones is 1. The van der Waals surface area contributed by atoms with Crippen LogP contribution in [0.1, 0.15) is 21.5 Å². The molecule has 1 N–H and O–H groups in total. The number of nitrogens with one attached hydrogen (secondary N) is 1. The lowest BCUT2D eigenvalue weighted by Gasteiger charge is -2.14. The van der Waals surface area contributed by atoms with Gasteiger partial charge in [0, 0.05) is 17.8 Å². The van der Waals surface area contributed by atoms with Crippen molar-refractivity contribution in [2.75, 3.05) is 40.9 Å². The highest BCUT2D eigenvalue weighted by atomic mass is 16.5. The molecular weight excluding hydrogens is 446 g/mol. The van der Waals surface area contributed by atoms with Crippen molar-refractivity contribution in [2.45, 2.75) is 0 Å². The highest BCUT2D eigenvalue weighted by Gasteiger charge is 2.13. The van der Waals surface area contributed by atoms with Gasteiger partial charge in [-0.25, -0.2) is 0 Å². The molecule has 3 rings (SSSR count). The van der Waals surface area contributed by atoms with E-state index in [2.05, 4.69) is 5.32 Å². The lowest BCUT2D eigenvalue weighted by molar-refractivity contribution is 0.104. The van der Waals surface area contributed by atoms with E-state index in [1.165, 1.54) is 6.08 Å². The quantitative estimate of drug-likeness (QED) is 0.216. The molecule has 0 fully saturated rings. The first kappa shape index (κ1) is 25.2. The molecule has 0 radical (unpaired) electrons. The Hall–Kier alpha value is -4.39. The normalized spacial score (nSPS) is 10.9. The molecule has 7 nitrogen and oxygen atoms in total. The van der Waals surface area contributed by atoms with E-state index in [-0.39, 0.29) is 5.78 Å². The van der Waals surface area contributed by atoms with E-state index in [0.29, 0.717) is 40.0 Å². The molecule has 0 amide bonds. The van der Waals surface area contributed by atoms with Crippen LogP contribution in [0.25, 0.3) is 12.2 Å².